The van der Waals surface area contributed by atoms with Crippen LogP contribution in [0.25, 0.3) is 0 Å². The van der Waals surface area contributed by atoms with Crippen LogP contribution in [0, 0.1) is 35.2 Å². The van der Waals surface area contributed by atoms with Crippen LogP contribution in [-0.2, 0) is 12.8 Å². The summed E-state index contributed by atoms with van der Waals surface area (Å²) in [4.78, 5) is 9.16. The Morgan fingerprint density at radius 3 is 2.59 bits per heavy atom. The lowest BCUT2D eigenvalue weighted by Crippen LogP contribution is -2.38. The molecule has 8 unspecified atom stereocenters. The molecule has 8 atom stereocenters. The van der Waals surface area contributed by atoms with Gasteiger partial charge >= 0.3 is 0 Å². The quantitative estimate of drug-likeness (QED) is 0.0300. The standard InChI is InChI=1S/C52H77N5O7/c1-34(59)30-55-31-43-41-10-8-11-44(41)52(22-6-7-23-52)29-46-42(43)28-45(57-46)48(62)33-63-50-25-35(15-20-47(50)61)14-19-40-27-37(32-58)49(64-40)12-5-3-2-4-9-38(53)16-18-39(60)17-13-36-21-24-56-51(54)26-36/h15,20-21,24-28,34,38-39,41,43-44,48-49,55,58-60,62,64H,2-14,16-19,22-23,29-33,53H2,1H3,(H2-,54,56,61)/p+1. The predicted octanol–water partition coefficient (Wildman–Crippen LogP) is 6.72. The van der Waals surface area contributed by atoms with Crippen molar-refractivity contribution in [3.8, 4) is 11.5 Å². The van der Waals surface area contributed by atoms with Gasteiger partial charge in [0.05, 0.1) is 24.2 Å². The number of ether oxygens (including phenoxy) is 2. The van der Waals surface area contributed by atoms with Gasteiger partial charge in [-0.05, 0) is 137 Å². The van der Waals surface area contributed by atoms with Crippen molar-refractivity contribution in [1.29, 1.82) is 0 Å². The van der Waals surface area contributed by atoms with Crippen molar-refractivity contribution in [2.24, 2.45) is 33.9 Å². The summed E-state index contributed by atoms with van der Waals surface area (Å²) >= 11 is 0. The molecule has 11 N–H and O–H groups in total. The first-order valence-corrected chi connectivity index (χ1v) is 24.7. The molecule has 2 aromatic rings. The van der Waals surface area contributed by atoms with Gasteiger partial charge in [-0.15, -0.1) is 16.6 Å². The number of aliphatic imine (C=N–C) groups is 1. The largest absolute Gasteiger partial charge is 0.504 e. The van der Waals surface area contributed by atoms with E-state index in [1.165, 1.54) is 50.9 Å². The van der Waals surface area contributed by atoms with Gasteiger partial charge in [-0.3, -0.25) is 0 Å². The van der Waals surface area contributed by atoms with Gasteiger partial charge < -0.3 is 51.8 Å². The highest BCUT2D eigenvalue weighted by Crippen LogP contribution is 2.61. The molecule has 0 bridgehead atoms. The zero-order valence-corrected chi connectivity index (χ0v) is 38.3. The first kappa shape index (κ1) is 48.3. The van der Waals surface area contributed by atoms with Crippen LogP contribution in [-0.4, -0.2) is 97.7 Å². The molecule has 1 aromatic carbocycles. The molecule has 2 aliphatic heterocycles. The molecule has 0 saturated heterocycles. The number of rotatable bonds is 25. The number of allylic oxidation sites excluding steroid dienone is 1. The minimum atomic E-state index is -0.940. The van der Waals surface area contributed by atoms with Gasteiger partial charge in [0.25, 0.3) is 0 Å². The number of hydrogen-bond acceptors (Lipinski definition) is 11. The second kappa shape index (κ2) is 23.2. The summed E-state index contributed by atoms with van der Waals surface area (Å²) < 4.78 is 11.1. The van der Waals surface area contributed by atoms with Crippen molar-refractivity contribution < 1.29 is 35.0 Å². The summed E-state index contributed by atoms with van der Waals surface area (Å²) in [7, 11) is 0. The molecule has 1 aromatic heterocycles. The molecule has 12 heteroatoms. The predicted molar refractivity (Wildman–Crippen MR) is 253 cm³/mol. The molecule has 7 rings (SSSR count). The SMILES string of the molecule is CC(O)CNCC1[C+]2C=C(C(O)COc3cc(CC[C-]4C=C(CO)C(CCCCCCC(N)CCC(O)CCc5ccnc(N)c5)[OH+]4)ccc3O)N=C2CC2(CCCC2)C2CCCC12. The molecule has 5 aliphatic rings. The minimum Gasteiger partial charge on any atom is -0.504 e. The van der Waals surface area contributed by atoms with Gasteiger partial charge in [0, 0.05) is 44.8 Å². The van der Waals surface area contributed by atoms with Crippen LogP contribution in [0.15, 0.2) is 64.9 Å². The molecule has 352 valence electrons. The zero-order chi connectivity index (χ0) is 45.1. The van der Waals surface area contributed by atoms with Crippen molar-refractivity contribution in [3.63, 3.8) is 0 Å². The summed E-state index contributed by atoms with van der Waals surface area (Å²) in [5.74, 6) is 3.72. The van der Waals surface area contributed by atoms with E-state index in [1.54, 1.807) is 12.3 Å². The highest BCUT2D eigenvalue weighted by molar-refractivity contribution is 6.03. The van der Waals surface area contributed by atoms with Gasteiger partial charge in [-0.1, -0.05) is 44.6 Å². The Bertz CT molecular complexity index is 1880. The average Bonchev–Trinajstić information content (AvgIpc) is 4.11. The van der Waals surface area contributed by atoms with E-state index in [4.69, 9.17) is 25.9 Å². The fourth-order valence-electron chi connectivity index (χ4n) is 11.7. The number of nitrogens with one attached hydrogen (secondary N) is 1. The van der Waals surface area contributed by atoms with Gasteiger partial charge in [-0.2, -0.15) is 0 Å². The number of aliphatic hydroxyl groups excluding tert-OH is 4. The smallest absolute Gasteiger partial charge is 0.208 e. The summed E-state index contributed by atoms with van der Waals surface area (Å²) in [5, 5.41) is 56.4. The number of pyridine rings is 1. The van der Waals surface area contributed by atoms with E-state index in [9.17, 15) is 25.5 Å². The number of aliphatic hydroxyl groups is 6. The van der Waals surface area contributed by atoms with E-state index in [0.717, 1.165) is 92.8 Å². The van der Waals surface area contributed by atoms with Crippen LogP contribution in [0.3, 0.4) is 0 Å². The number of aromatic hydroxyl groups is 1. The lowest BCUT2D eigenvalue weighted by Gasteiger charge is -2.37. The Morgan fingerprint density at radius 1 is 0.984 bits per heavy atom. The number of nitrogens with two attached hydrogens (primary N) is 2. The molecule has 3 saturated carbocycles. The number of aryl methyl sites for hydroxylation is 2. The normalized spacial score (nSPS) is 24.5. The lowest BCUT2D eigenvalue weighted by atomic mass is 9.66. The molecule has 3 heterocycles. The van der Waals surface area contributed by atoms with Crippen molar-refractivity contribution in [2.45, 2.75) is 166 Å². The molecule has 3 aliphatic carbocycles. The van der Waals surface area contributed by atoms with E-state index in [0.29, 0.717) is 72.7 Å². The average molecular weight is 885 g/mol. The minimum absolute atomic E-state index is 0.00174. The van der Waals surface area contributed by atoms with E-state index in [1.807, 2.05) is 37.3 Å². The second-order valence-corrected chi connectivity index (χ2v) is 19.9. The van der Waals surface area contributed by atoms with Crippen molar-refractivity contribution in [1.82, 2.24) is 10.3 Å². The van der Waals surface area contributed by atoms with E-state index < -0.39 is 12.2 Å². The fraction of sp³-hybridized carbons (Fsp3) is 0.654. The molecular weight excluding hydrogens is 807 g/mol. The highest BCUT2D eigenvalue weighted by atomic mass is 16.5. The topological polar surface area (TPSA) is 212 Å². The first-order chi connectivity index (χ1) is 31.0. The van der Waals surface area contributed by atoms with E-state index in [2.05, 4.69) is 16.4 Å². The number of nitrogen functional groups attached to an aromatic ring is 1. The highest BCUT2D eigenvalue weighted by Gasteiger charge is 2.58. The van der Waals surface area contributed by atoms with Crippen molar-refractivity contribution in [2.75, 3.05) is 32.0 Å². The maximum Gasteiger partial charge on any atom is 0.208 e. The number of phenolic OH excluding ortho intramolecular Hbond substituents is 1. The zero-order valence-electron chi connectivity index (χ0n) is 38.3. The van der Waals surface area contributed by atoms with Crippen LogP contribution < -0.4 is 21.5 Å². The molecular formula is C52H78N5O7+. The van der Waals surface area contributed by atoms with Crippen LogP contribution in [0.4, 0.5) is 5.82 Å². The lowest BCUT2D eigenvalue weighted by molar-refractivity contribution is -0.0552. The Hall–Kier alpha value is -3.62. The molecule has 0 amide bonds. The maximum absolute atomic E-state index is 11.5. The van der Waals surface area contributed by atoms with Gasteiger partial charge in [-0.25, -0.2) is 4.98 Å². The third-order valence-electron chi connectivity index (χ3n) is 15.1. The first-order valence-electron chi connectivity index (χ1n) is 24.7. The number of benzene rings is 1. The van der Waals surface area contributed by atoms with Crippen LogP contribution in [0.1, 0.15) is 134 Å². The number of unbranched alkanes of at least 4 members (excludes halogenated alkanes) is 3. The summed E-state index contributed by atoms with van der Waals surface area (Å²) in [6, 6.07) is 9.28. The molecule has 1 spiro atoms. The third kappa shape index (κ3) is 12.8. The second-order valence-electron chi connectivity index (χ2n) is 19.9. The summed E-state index contributed by atoms with van der Waals surface area (Å²) in [6.07, 6.45) is 25.5. The molecule has 12 nitrogen and oxygen atoms in total. The van der Waals surface area contributed by atoms with Crippen LogP contribution >= 0.6 is 0 Å². The fourth-order valence-corrected chi connectivity index (χ4v) is 11.7. The summed E-state index contributed by atoms with van der Waals surface area (Å²) in [6.45, 7) is 3.16. The monoisotopic (exact) mass is 885 g/mol. The van der Waals surface area contributed by atoms with Gasteiger partial charge in [0.1, 0.15) is 36.2 Å². The van der Waals surface area contributed by atoms with E-state index >= 15 is 0 Å². The number of phenols is 1. The third-order valence-corrected chi connectivity index (χ3v) is 15.1. The van der Waals surface area contributed by atoms with Gasteiger partial charge in [0.2, 0.25) is 5.70 Å². The van der Waals surface area contributed by atoms with Crippen molar-refractivity contribution in [3.05, 3.63) is 83.1 Å². The molecule has 0 radical (unpaired) electrons. The maximum atomic E-state index is 11.5. The Kier molecular flexibility index (Phi) is 17.5. The van der Waals surface area contributed by atoms with Crippen LogP contribution in [0.2, 0.25) is 0 Å². The molecule has 3 fully saturated rings. The molecule has 64 heavy (non-hydrogen) atoms. The number of anilines is 1. The summed E-state index contributed by atoms with van der Waals surface area (Å²) in [5.41, 5.74) is 17.3. The number of fused-ring (bicyclic) bond motifs is 3. The Labute approximate surface area is 382 Å². The number of hydrogen-bond donors (Lipinski definition) is 8. The van der Waals surface area contributed by atoms with Crippen molar-refractivity contribution >= 4 is 11.5 Å². The Balaban J connectivity index is 0.826. The van der Waals surface area contributed by atoms with E-state index in [-0.39, 0.29) is 37.2 Å². The Morgan fingerprint density at radius 2 is 1.80 bits per heavy atom. The number of nitrogens with zero attached hydrogens (tertiary/aromatic N) is 2. The van der Waals surface area contributed by atoms with Crippen LogP contribution in [0.5, 0.6) is 11.5 Å². The van der Waals surface area contributed by atoms with Gasteiger partial charge in [0.15, 0.2) is 17.6 Å². The number of aromatic nitrogens is 1.